The first-order valence-corrected chi connectivity index (χ1v) is 11.5. The number of carbonyl (C=O) groups excluding carboxylic acids is 1. The summed E-state index contributed by atoms with van der Waals surface area (Å²) in [6, 6.07) is 7.89. The summed E-state index contributed by atoms with van der Waals surface area (Å²) in [5.41, 5.74) is 1.89. The highest BCUT2D eigenvalue weighted by atomic mass is 32.1. The van der Waals surface area contributed by atoms with Crippen molar-refractivity contribution < 1.29 is 9.53 Å². The Morgan fingerprint density at radius 1 is 1.29 bits per heavy atom. The summed E-state index contributed by atoms with van der Waals surface area (Å²) in [5.74, 6) is 0.778. The molecule has 2 heterocycles. The number of morpholine rings is 1. The second-order valence-corrected chi connectivity index (χ2v) is 8.74. The maximum Gasteiger partial charge on any atom is 0.225 e. The predicted octanol–water partition coefficient (Wildman–Crippen LogP) is 2.02. The first kappa shape index (κ1) is 23.2. The van der Waals surface area contributed by atoms with Crippen molar-refractivity contribution >= 4 is 28.9 Å². The Labute approximate surface area is 188 Å². The molecule has 0 bridgehead atoms. The molecule has 0 saturated carbocycles. The number of hydrogen-bond donors (Lipinski definition) is 3. The lowest BCUT2D eigenvalue weighted by atomic mass is 10.2. The molecular formula is C22H32N6O2S. The van der Waals surface area contributed by atoms with Crippen LogP contribution in [0.3, 0.4) is 0 Å². The van der Waals surface area contributed by atoms with Crippen molar-refractivity contribution in [1.29, 1.82) is 0 Å². The number of rotatable bonds is 9. The molecule has 1 amide bonds. The molecule has 0 spiro atoms. The van der Waals surface area contributed by atoms with E-state index in [0.717, 1.165) is 68.0 Å². The number of amides is 1. The van der Waals surface area contributed by atoms with E-state index in [1.54, 1.807) is 18.4 Å². The molecule has 0 aliphatic carbocycles. The number of aryl methyl sites for hydroxylation is 1. The van der Waals surface area contributed by atoms with Gasteiger partial charge in [-0.25, -0.2) is 4.98 Å². The number of anilines is 1. The van der Waals surface area contributed by atoms with Crippen molar-refractivity contribution in [2.24, 2.45) is 4.99 Å². The topological polar surface area (TPSA) is 90.9 Å². The van der Waals surface area contributed by atoms with Crippen LogP contribution < -0.4 is 16.0 Å². The molecule has 1 aromatic heterocycles. The van der Waals surface area contributed by atoms with Crippen molar-refractivity contribution in [2.45, 2.75) is 26.3 Å². The Morgan fingerprint density at radius 3 is 2.87 bits per heavy atom. The molecule has 1 aliphatic rings. The number of ether oxygens (including phenoxy) is 1. The minimum absolute atomic E-state index is 0.0338. The van der Waals surface area contributed by atoms with Gasteiger partial charge in [0, 0.05) is 69.4 Å². The number of aliphatic imine (C=N–C) groups is 1. The third-order valence-electron chi connectivity index (χ3n) is 4.95. The summed E-state index contributed by atoms with van der Waals surface area (Å²) < 4.78 is 5.34. The number of nitrogens with one attached hydrogen (secondary N) is 3. The summed E-state index contributed by atoms with van der Waals surface area (Å²) in [4.78, 5) is 24.4. The van der Waals surface area contributed by atoms with E-state index in [9.17, 15) is 4.79 Å². The van der Waals surface area contributed by atoms with Crippen LogP contribution in [0.25, 0.3) is 0 Å². The van der Waals surface area contributed by atoms with Gasteiger partial charge in [-0.2, -0.15) is 0 Å². The second kappa shape index (κ2) is 12.4. The lowest BCUT2D eigenvalue weighted by Gasteiger charge is -2.26. The quantitative estimate of drug-likeness (QED) is 0.405. The first-order valence-electron chi connectivity index (χ1n) is 10.7. The van der Waals surface area contributed by atoms with Crippen molar-refractivity contribution in [3.05, 3.63) is 45.9 Å². The highest BCUT2D eigenvalue weighted by molar-refractivity contribution is 7.11. The molecule has 0 unspecified atom stereocenters. The number of nitrogens with zero attached hydrogens (tertiary/aromatic N) is 3. The van der Waals surface area contributed by atoms with E-state index < -0.39 is 0 Å². The van der Waals surface area contributed by atoms with Crippen molar-refractivity contribution in [1.82, 2.24) is 20.5 Å². The lowest BCUT2D eigenvalue weighted by Crippen LogP contribution is -2.38. The zero-order valence-electron chi connectivity index (χ0n) is 18.3. The van der Waals surface area contributed by atoms with E-state index in [1.807, 2.05) is 30.5 Å². The highest BCUT2D eigenvalue weighted by Crippen LogP contribution is 2.12. The molecule has 9 heteroatoms. The minimum atomic E-state index is 0.0338. The average Bonchev–Trinajstić information content (AvgIpc) is 3.20. The van der Waals surface area contributed by atoms with Crippen LogP contribution in [0.4, 0.5) is 5.69 Å². The third kappa shape index (κ3) is 8.28. The van der Waals surface area contributed by atoms with Gasteiger partial charge in [0.15, 0.2) is 5.96 Å². The maximum absolute atomic E-state index is 12.3. The fraction of sp³-hybridized carbons (Fsp3) is 0.500. The number of carbonyl (C=O) groups is 1. The molecule has 3 N–H and O–H groups in total. The van der Waals surface area contributed by atoms with E-state index in [4.69, 9.17) is 4.74 Å². The second-order valence-electron chi connectivity index (χ2n) is 7.42. The van der Waals surface area contributed by atoms with Crippen LogP contribution in [0, 0.1) is 6.92 Å². The first-order chi connectivity index (χ1) is 15.1. The maximum atomic E-state index is 12.3. The molecular weight excluding hydrogens is 412 g/mol. The van der Waals surface area contributed by atoms with Gasteiger partial charge in [-0.3, -0.25) is 14.7 Å². The van der Waals surface area contributed by atoms with E-state index in [2.05, 4.69) is 37.8 Å². The summed E-state index contributed by atoms with van der Waals surface area (Å²) in [5, 5.41) is 10.8. The largest absolute Gasteiger partial charge is 0.379 e. The Morgan fingerprint density at radius 2 is 2.13 bits per heavy atom. The Kier molecular flexibility index (Phi) is 9.26. The Bertz CT molecular complexity index is 863. The summed E-state index contributed by atoms with van der Waals surface area (Å²) in [6.07, 6.45) is 3.25. The van der Waals surface area contributed by atoms with Gasteiger partial charge in [0.05, 0.1) is 18.2 Å². The molecule has 0 radical (unpaired) electrons. The molecule has 31 heavy (non-hydrogen) atoms. The van der Waals surface area contributed by atoms with Crippen molar-refractivity contribution in [2.75, 3.05) is 51.8 Å². The van der Waals surface area contributed by atoms with Gasteiger partial charge in [0.25, 0.3) is 0 Å². The van der Waals surface area contributed by atoms with Crippen LogP contribution in [-0.4, -0.2) is 68.2 Å². The summed E-state index contributed by atoms with van der Waals surface area (Å²) >= 11 is 1.72. The minimum Gasteiger partial charge on any atom is -0.379 e. The molecule has 8 nitrogen and oxygen atoms in total. The number of thiazole rings is 1. The number of hydrogen-bond acceptors (Lipinski definition) is 6. The van der Waals surface area contributed by atoms with Gasteiger partial charge in [0.1, 0.15) is 0 Å². The third-order valence-corrected chi connectivity index (χ3v) is 5.93. The smallest absolute Gasteiger partial charge is 0.225 e. The van der Waals surface area contributed by atoms with Gasteiger partial charge >= 0.3 is 0 Å². The lowest BCUT2D eigenvalue weighted by molar-refractivity contribution is -0.116. The monoisotopic (exact) mass is 444 g/mol. The molecule has 168 valence electrons. The van der Waals surface area contributed by atoms with Crippen LogP contribution in [0.15, 0.2) is 35.5 Å². The molecule has 3 rings (SSSR count). The van der Waals surface area contributed by atoms with E-state index in [0.29, 0.717) is 13.0 Å². The Balaban J connectivity index is 1.39. The van der Waals surface area contributed by atoms with Crippen LogP contribution in [-0.2, 0) is 22.5 Å². The fourth-order valence-electron chi connectivity index (χ4n) is 3.28. The molecule has 1 aromatic carbocycles. The fourth-order valence-corrected chi connectivity index (χ4v) is 4.06. The Hall–Kier alpha value is -2.49. The van der Waals surface area contributed by atoms with Crippen molar-refractivity contribution in [3.8, 4) is 0 Å². The SMILES string of the molecule is CN=C(NCCc1ncc(C)s1)NCc1cccc(NC(=O)CCN2CCOCC2)c1. The molecule has 1 aliphatic heterocycles. The molecule has 1 saturated heterocycles. The van der Waals surface area contributed by atoms with Gasteiger partial charge in [-0.05, 0) is 24.6 Å². The van der Waals surface area contributed by atoms with E-state index >= 15 is 0 Å². The van der Waals surface area contributed by atoms with Gasteiger partial charge in [-0.15, -0.1) is 11.3 Å². The van der Waals surface area contributed by atoms with Crippen LogP contribution in [0.1, 0.15) is 21.9 Å². The zero-order chi connectivity index (χ0) is 21.9. The zero-order valence-corrected chi connectivity index (χ0v) is 19.1. The van der Waals surface area contributed by atoms with Crippen LogP contribution >= 0.6 is 11.3 Å². The number of aromatic nitrogens is 1. The predicted molar refractivity (Wildman–Crippen MR) is 126 cm³/mol. The normalized spacial score (nSPS) is 15.0. The average molecular weight is 445 g/mol. The summed E-state index contributed by atoms with van der Waals surface area (Å²) in [6.45, 7) is 7.51. The molecule has 2 aromatic rings. The van der Waals surface area contributed by atoms with Gasteiger partial charge in [0.2, 0.25) is 5.91 Å². The van der Waals surface area contributed by atoms with Crippen molar-refractivity contribution in [3.63, 3.8) is 0 Å². The number of guanidine groups is 1. The van der Waals surface area contributed by atoms with E-state index in [-0.39, 0.29) is 5.91 Å². The van der Waals surface area contributed by atoms with E-state index in [1.165, 1.54) is 4.88 Å². The van der Waals surface area contributed by atoms with Crippen LogP contribution in [0.5, 0.6) is 0 Å². The molecule has 0 atom stereocenters. The van der Waals surface area contributed by atoms with Gasteiger partial charge < -0.3 is 20.7 Å². The van der Waals surface area contributed by atoms with Gasteiger partial charge in [-0.1, -0.05) is 12.1 Å². The number of benzene rings is 1. The summed E-state index contributed by atoms with van der Waals surface area (Å²) in [7, 11) is 1.76. The standard InChI is InChI=1S/C22H32N6O2S/c1-17-15-25-21(31-17)6-8-24-22(23-2)26-16-18-4-3-5-19(14-18)27-20(29)7-9-28-10-12-30-13-11-28/h3-5,14-15H,6-13,16H2,1-2H3,(H,27,29)(H2,23,24,26). The molecule has 1 fully saturated rings. The highest BCUT2D eigenvalue weighted by Gasteiger charge is 2.12. The van der Waals surface area contributed by atoms with Crippen LogP contribution in [0.2, 0.25) is 0 Å².